The van der Waals surface area contributed by atoms with Crippen LogP contribution >= 0.6 is 0 Å². The molecule has 0 radical (unpaired) electrons. The Kier molecular flexibility index (Phi) is 4.67. The number of piperidine rings is 1. The summed E-state index contributed by atoms with van der Waals surface area (Å²) in [4.78, 5) is 2.07. The third kappa shape index (κ3) is 3.55. The second-order valence-electron chi connectivity index (χ2n) is 6.43. The van der Waals surface area contributed by atoms with Crippen molar-refractivity contribution < 1.29 is 17.9 Å². The van der Waals surface area contributed by atoms with Gasteiger partial charge in [0.15, 0.2) is 6.23 Å². The topological polar surface area (TPSA) is 12.5 Å². The molecule has 0 saturated carbocycles. The summed E-state index contributed by atoms with van der Waals surface area (Å²) in [5.41, 5.74) is 0.704. The lowest BCUT2D eigenvalue weighted by Crippen LogP contribution is -2.50. The van der Waals surface area contributed by atoms with Gasteiger partial charge in [-0.2, -0.15) is 13.2 Å². The van der Waals surface area contributed by atoms with Gasteiger partial charge in [0.2, 0.25) is 0 Å². The minimum absolute atomic E-state index is 0.349. The summed E-state index contributed by atoms with van der Waals surface area (Å²) in [6, 6.07) is 9.07. The van der Waals surface area contributed by atoms with E-state index in [0.29, 0.717) is 11.3 Å². The highest BCUT2D eigenvalue weighted by Gasteiger charge is 2.49. The molecule has 1 aromatic rings. The van der Waals surface area contributed by atoms with Gasteiger partial charge in [-0.05, 0) is 18.9 Å². The molecule has 0 aliphatic carbocycles. The zero-order valence-electron chi connectivity index (χ0n) is 13.2. The first kappa shape index (κ1) is 16.4. The maximum atomic E-state index is 13.5. The van der Waals surface area contributed by atoms with Gasteiger partial charge in [-0.3, -0.25) is 4.90 Å². The van der Waals surface area contributed by atoms with Crippen LogP contribution in [0.15, 0.2) is 36.4 Å². The second kappa shape index (κ2) is 6.56. The fourth-order valence-electron chi connectivity index (χ4n) is 3.51. The molecule has 2 nitrogen and oxygen atoms in total. The number of hydrogen-bond donors (Lipinski definition) is 0. The number of hydrogen-bond acceptors (Lipinski definition) is 2. The maximum Gasteiger partial charge on any atom is 0.395 e. The van der Waals surface area contributed by atoms with Crippen molar-refractivity contribution in [1.82, 2.24) is 4.90 Å². The number of ether oxygens (including phenoxy) is 1. The van der Waals surface area contributed by atoms with Gasteiger partial charge in [0.25, 0.3) is 0 Å². The largest absolute Gasteiger partial charge is 0.475 e. The summed E-state index contributed by atoms with van der Waals surface area (Å²) in [5.74, 6) is -1.74. The Morgan fingerprint density at radius 2 is 1.70 bits per heavy atom. The summed E-state index contributed by atoms with van der Waals surface area (Å²) in [7, 11) is 0. The van der Waals surface area contributed by atoms with Crippen molar-refractivity contribution in [1.29, 1.82) is 0 Å². The predicted molar refractivity (Wildman–Crippen MR) is 83.4 cm³/mol. The van der Waals surface area contributed by atoms with Gasteiger partial charge >= 0.3 is 6.18 Å². The van der Waals surface area contributed by atoms with Crippen LogP contribution in [0.3, 0.4) is 0 Å². The third-order valence-corrected chi connectivity index (χ3v) is 4.78. The van der Waals surface area contributed by atoms with Gasteiger partial charge in [-0.25, -0.2) is 0 Å². The molecule has 0 aromatic heterocycles. The van der Waals surface area contributed by atoms with E-state index in [1.807, 2.05) is 18.2 Å². The van der Waals surface area contributed by atoms with Crippen LogP contribution in [0.5, 0.6) is 0 Å². The Hall–Kier alpha value is -1.49. The van der Waals surface area contributed by atoms with Crippen LogP contribution in [0.1, 0.15) is 31.7 Å². The molecule has 2 aliphatic heterocycles. The second-order valence-corrected chi connectivity index (χ2v) is 6.43. The van der Waals surface area contributed by atoms with Crippen molar-refractivity contribution >= 4 is 5.76 Å². The quantitative estimate of drug-likeness (QED) is 0.782. The summed E-state index contributed by atoms with van der Waals surface area (Å²) in [5, 5.41) is 0. The summed E-state index contributed by atoms with van der Waals surface area (Å²) >= 11 is 0. The van der Waals surface area contributed by atoms with E-state index in [9.17, 15) is 13.2 Å². The number of nitrogens with zero attached hydrogens (tertiary/aromatic N) is 1. The van der Waals surface area contributed by atoms with Crippen LogP contribution in [-0.4, -0.2) is 30.4 Å². The lowest BCUT2D eigenvalue weighted by atomic mass is 9.87. The van der Waals surface area contributed by atoms with Gasteiger partial charge in [0.1, 0.15) is 5.76 Å². The Balaban J connectivity index is 1.92. The molecule has 0 unspecified atom stereocenters. The molecule has 1 fully saturated rings. The van der Waals surface area contributed by atoms with E-state index < -0.39 is 24.2 Å². The highest BCUT2D eigenvalue weighted by atomic mass is 19.4. The first-order valence-corrected chi connectivity index (χ1v) is 8.21. The van der Waals surface area contributed by atoms with E-state index in [1.165, 1.54) is 6.08 Å². The van der Waals surface area contributed by atoms with Crippen molar-refractivity contribution in [2.24, 2.45) is 11.8 Å². The lowest BCUT2D eigenvalue weighted by Gasteiger charge is -2.43. The molecule has 3 atom stereocenters. The first-order chi connectivity index (χ1) is 11.0. The highest BCUT2D eigenvalue weighted by molar-refractivity contribution is 5.61. The maximum absolute atomic E-state index is 13.5. The third-order valence-electron chi connectivity index (χ3n) is 4.78. The molecule has 1 saturated heterocycles. The van der Waals surface area contributed by atoms with Gasteiger partial charge in [0.05, 0.1) is 5.92 Å². The molecular formula is C18H22F3NO. The zero-order valence-corrected chi connectivity index (χ0v) is 13.2. The Morgan fingerprint density at radius 1 is 1.04 bits per heavy atom. The number of likely N-dealkylation sites (tertiary alicyclic amines) is 1. The van der Waals surface area contributed by atoms with Gasteiger partial charge in [-0.15, -0.1) is 0 Å². The number of benzene rings is 1. The van der Waals surface area contributed by atoms with Crippen molar-refractivity contribution in [2.75, 3.05) is 13.1 Å². The van der Waals surface area contributed by atoms with E-state index in [4.69, 9.17) is 4.74 Å². The first-order valence-electron chi connectivity index (χ1n) is 8.21. The number of halogens is 3. The van der Waals surface area contributed by atoms with E-state index in [0.717, 1.165) is 32.4 Å². The lowest BCUT2D eigenvalue weighted by molar-refractivity contribution is -0.198. The van der Waals surface area contributed by atoms with Gasteiger partial charge in [0, 0.05) is 24.6 Å². The molecule has 0 spiro atoms. The van der Waals surface area contributed by atoms with Crippen molar-refractivity contribution in [3.05, 3.63) is 42.0 Å². The van der Waals surface area contributed by atoms with E-state index in [1.54, 1.807) is 19.1 Å². The summed E-state index contributed by atoms with van der Waals surface area (Å²) in [6.45, 7) is 3.26. The molecule has 0 amide bonds. The average Bonchev–Trinajstić information content (AvgIpc) is 2.55. The van der Waals surface area contributed by atoms with Crippen LogP contribution in [0.4, 0.5) is 13.2 Å². The van der Waals surface area contributed by atoms with Gasteiger partial charge in [-0.1, -0.05) is 43.7 Å². The molecule has 2 heterocycles. The molecule has 1 aromatic carbocycles. The molecular weight excluding hydrogens is 303 g/mol. The molecule has 3 rings (SSSR count). The molecule has 2 aliphatic rings. The summed E-state index contributed by atoms with van der Waals surface area (Å²) < 4.78 is 46.5. The highest BCUT2D eigenvalue weighted by Crippen LogP contribution is 2.43. The molecule has 0 N–H and O–H groups in total. The Morgan fingerprint density at radius 3 is 2.30 bits per heavy atom. The van der Waals surface area contributed by atoms with Crippen LogP contribution in [-0.2, 0) is 4.74 Å². The SMILES string of the molecule is C[C@H]1[C@H](N2CCCCC2)OC(c2ccccc2)=C[C@@H]1C(F)(F)F. The minimum atomic E-state index is -4.25. The number of alkyl halides is 3. The Labute approximate surface area is 134 Å². The normalized spacial score (nSPS) is 29.7. The van der Waals surface area contributed by atoms with Crippen molar-refractivity contribution in [3.8, 4) is 0 Å². The molecule has 0 bridgehead atoms. The summed E-state index contributed by atoms with van der Waals surface area (Å²) in [6.07, 6.45) is -0.331. The number of rotatable bonds is 2. The average molecular weight is 325 g/mol. The fraction of sp³-hybridized carbons (Fsp3) is 0.556. The van der Waals surface area contributed by atoms with Crippen LogP contribution in [0, 0.1) is 11.8 Å². The predicted octanol–water partition coefficient (Wildman–Crippen LogP) is 4.68. The van der Waals surface area contributed by atoms with Crippen LogP contribution in [0.25, 0.3) is 5.76 Å². The smallest absolute Gasteiger partial charge is 0.395 e. The fourth-order valence-corrected chi connectivity index (χ4v) is 3.51. The van der Waals surface area contributed by atoms with Crippen molar-refractivity contribution in [2.45, 2.75) is 38.6 Å². The Bertz CT molecular complexity index is 549. The molecule has 23 heavy (non-hydrogen) atoms. The number of allylic oxidation sites excluding steroid dienone is 1. The van der Waals surface area contributed by atoms with Crippen LogP contribution < -0.4 is 0 Å². The monoisotopic (exact) mass is 325 g/mol. The van der Waals surface area contributed by atoms with Crippen LogP contribution in [0.2, 0.25) is 0 Å². The standard InChI is InChI=1S/C18H22F3NO/c1-13-15(18(19,20)21)12-16(14-8-4-2-5-9-14)23-17(13)22-10-6-3-7-11-22/h2,4-5,8-9,12-13,15,17H,3,6-7,10-11H2,1H3/t13-,15+,17-/m1/s1. The molecule has 5 heteroatoms. The van der Waals surface area contributed by atoms with Crippen molar-refractivity contribution in [3.63, 3.8) is 0 Å². The molecule has 126 valence electrons. The van der Waals surface area contributed by atoms with E-state index in [-0.39, 0.29) is 0 Å². The minimum Gasteiger partial charge on any atom is -0.475 e. The van der Waals surface area contributed by atoms with E-state index >= 15 is 0 Å². The van der Waals surface area contributed by atoms with E-state index in [2.05, 4.69) is 4.90 Å². The zero-order chi connectivity index (χ0) is 16.4. The van der Waals surface area contributed by atoms with Gasteiger partial charge < -0.3 is 4.74 Å².